The summed E-state index contributed by atoms with van der Waals surface area (Å²) in [6.07, 6.45) is -6.01. The molecule has 1 amide bonds. The smallest absolute Gasteiger partial charge is 0.323 e. The second-order valence-corrected chi connectivity index (χ2v) is 10.1. The van der Waals surface area contributed by atoms with Crippen molar-refractivity contribution in [1.29, 1.82) is 0 Å². The molecule has 16 heteroatoms. The second-order valence-electron chi connectivity index (χ2n) is 8.16. The summed E-state index contributed by atoms with van der Waals surface area (Å²) in [5.41, 5.74) is -1.82. The van der Waals surface area contributed by atoms with Crippen molar-refractivity contribution < 1.29 is 35.2 Å². The zero-order valence-electron chi connectivity index (χ0n) is 19.3. The molecule has 0 bridgehead atoms. The van der Waals surface area contributed by atoms with Crippen molar-refractivity contribution in [1.82, 2.24) is 29.0 Å². The first-order valence-corrected chi connectivity index (χ1v) is 12.4. The van der Waals surface area contributed by atoms with Gasteiger partial charge in [0.05, 0.1) is 22.3 Å². The van der Waals surface area contributed by atoms with Gasteiger partial charge in [0.25, 0.3) is 12.3 Å². The first kappa shape index (κ1) is 26.7. The summed E-state index contributed by atoms with van der Waals surface area (Å²) in [6.45, 7) is 0.709. The zero-order valence-corrected chi connectivity index (χ0v) is 20.2. The minimum Gasteiger partial charge on any atom is -0.323 e. The van der Waals surface area contributed by atoms with E-state index in [1.54, 1.807) is 0 Å². The number of aromatic nitrogens is 4. The maximum absolute atomic E-state index is 13.5. The Morgan fingerprint density at radius 2 is 1.81 bits per heavy atom. The highest BCUT2D eigenvalue weighted by Crippen LogP contribution is 2.36. The fourth-order valence-corrected chi connectivity index (χ4v) is 5.30. The summed E-state index contributed by atoms with van der Waals surface area (Å²) >= 11 is 0. The quantitative estimate of drug-likeness (QED) is 0.440. The lowest BCUT2D eigenvalue weighted by Crippen LogP contribution is -2.46. The van der Waals surface area contributed by atoms with E-state index >= 15 is 0 Å². The van der Waals surface area contributed by atoms with E-state index in [1.165, 1.54) is 35.6 Å². The van der Waals surface area contributed by atoms with Crippen molar-refractivity contribution in [3.8, 4) is 11.3 Å². The molecule has 1 fully saturated rings. The van der Waals surface area contributed by atoms with Gasteiger partial charge in [-0.2, -0.15) is 22.6 Å². The van der Waals surface area contributed by atoms with Crippen LogP contribution in [0, 0.1) is 0 Å². The maximum atomic E-state index is 13.5. The maximum Gasteiger partial charge on any atom is 0.435 e. The van der Waals surface area contributed by atoms with E-state index in [0.29, 0.717) is 30.9 Å². The largest absolute Gasteiger partial charge is 0.435 e. The molecule has 3 heterocycles. The van der Waals surface area contributed by atoms with Crippen LogP contribution < -0.4 is 10.6 Å². The molecule has 3 aromatic rings. The first-order chi connectivity index (χ1) is 17.4. The van der Waals surface area contributed by atoms with Crippen LogP contribution in [0.5, 0.6) is 0 Å². The fourth-order valence-electron chi connectivity index (χ4n) is 3.85. The topological polar surface area (TPSA) is 114 Å². The molecule has 1 aromatic carbocycles. The number of amides is 1. The average molecular weight is 548 g/mol. The van der Waals surface area contributed by atoms with Gasteiger partial charge in [-0.1, -0.05) is 0 Å². The minimum absolute atomic E-state index is 0.0483. The zero-order chi connectivity index (χ0) is 27.0. The number of nitrogens with one attached hydrogen (secondary N) is 2. The number of piperazine rings is 1. The van der Waals surface area contributed by atoms with Crippen molar-refractivity contribution >= 4 is 21.6 Å². The lowest BCUT2D eigenvalue weighted by Gasteiger charge is -2.26. The van der Waals surface area contributed by atoms with Crippen LogP contribution in [0.15, 0.2) is 41.6 Å². The lowest BCUT2D eigenvalue weighted by atomic mass is 10.2. The molecule has 0 aliphatic carbocycles. The van der Waals surface area contributed by atoms with E-state index in [9.17, 15) is 35.2 Å². The molecule has 4 rings (SSSR count). The Labute approximate surface area is 208 Å². The van der Waals surface area contributed by atoms with Gasteiger partial charge in [-0.05, 0) is 24.3 Å². The summed E-state index contributed by atoms with van der Waals surface area (Å²) in [7, 11) is -2.40. The lowest BCUT2D eigenvalue weighted by molar-refractivity contribution is -0.141. The van der Waals surface area contributed by atoms with Gasteiger partial charge in [0.2, 0.25) is 10.0 Å². The number of carbonyl (C=O) groups excluding carboxylic acids is 1. The van der Waals surface area contributed by atoms with Gasteiger partial charge in [-0.25, -0.2) is 22.2 Å². The number of anilines is 1. The Bertz CT molecular complexity index is 1380. The van der Waals surface area contributed by atoms with Crippen LogP contribution in [0.4, 0.5) is 27.6 Å². The molecule has 0 radical (unpaired) electrons. The normalized spacial score (nSPS) is 15.3. The standard InChI is InChI=1S/C21H22F5N7O3S/c1-31-16(15-11-32(12-17(22)23)30-18(15)21(24,25)26)10-28-19(31)20(34)29-13-2-4-14(5-3-13)37(35,36)33-8-6-27-7-9-33/h2-5,10-11,17,27H,6-9,12H2,1H3,(H,29,34). The summed E-state index contributed by atoms with van der Waals surface area (Å²) in [4.78, 5) is 16.7. The number of nitrogens with zero attached hydrogens (tertiary/aromatic N) is 5. The third kappa shape index (κ3) is 5.65. The first-order valence-electron chi connectivity index (χ1n) is 10.9. The summed E-state index contributed by atoms with van der Waals surface area (Å²) < 4.78 is 94.3. The van der Waals surface area contributed by atoms with Crippen molar-refractivity contribution in [2.24, 2.45) is 7.05 Å². The Hall–Kier alpha value is -3.37. The number of alkyl halides is 5. The molecule has 0 unspecified atom stereocenters. The van der Waals surface area contributed by atoms with Gasteiger partial charge in [-0.3, -0.25) is 9.48 Å². The highest BCUT2D eigenvalue weighted by molar-refractivity contribution is 7.89. The molecule has 1 aliphatic heterocycles. The summed E-state index contributed by atoms with van der Waals surface area (Å²) in [5, 5.41) is 8.82. The molecular weight excluding hydrogens is 525 g/mol. The molecule has 200 valence electrons. The second kappa shape index (κ2) is 10.2. The SMILES string of the molecule is Cn1c(-c2cn(CC(F)F)nc2C(F)(F)F)cnc1C(=O)Nc1ccc(S(=O)(=O)N2CCNCC2)cc1. The fraction of sp³-hybridized carbons (Fsp3) is 0.381. The van der Waals surface area contributed by atoms with Crippen LogP contribution in [0.3, 0.4) is 0 Å². The van der Waals surface area contributed by atoms with Crippen molar-refractivity contribution in [3.05, 3.63) is 48.2 Å². The molecule has 0 spiro atoms. The molecule has 1 saturated heterocycles. The van der Waals surface area contributed by atoms with Crippen LogP contribution in [-0.2, 0) is 29.8 Å². The number of carbonyl (C=O) groups is 1. The van der Waals surface area contributed by atoms with E-state index in [2.05, 4.69) is 20.7 Å². The summed E-state index contributed by atoms with van der Waals surface area (Å²) in [5.74, 6) is -1.04. The minimum atomic E-state index is -4.93. The van der Waals surface area contributed by atoms with Gasteiger partial charge < -0.3 is 15.2 Å². The van der Waals surface area contributed by atoms with E-state index in [-0.39, 0.29) is 22.1 Å². The van der Waals surface area contributed by atoms with Crippen LogP contribution >= 0.6 is 0 Å². The number of sulfonamides is 1. The predicted molar refractivity (Wildman–Crippen MR) is 121 cm³/mol. The molecule has 2 aromatic heterocycles. The number of halogens is 5. The molecule has 10 nitrogen and oxygen atoms in total. The molecule has 37 heavy (non-hydrogen) atoms. The number of hydrogen-bond acceptors (Lipinski definition) is 6. The number of imidazole rings is 1. The van der Waals surface area contributed by atoms with Gasteiger partial charge >= 0.3 is 6.18 Å². The van der Waals surface area contributed by atoms with Crippen LogP contribution in [0.25, 0.3) is 11.3 Å². The van der Waals surface area contributed by atoms with E-state index in [4.69, 9.17) is 0 Å². The monoisotopic (exact) mass is 547 g/mol. The molecule has 2 N–H and O–H groups in total. The third-order valence-corrected chi connectivity index (χ3v) is 7.56. The molecule has 0 atom stereocenters. The van der Waals surface area contributed by atoms with Crippen LogP contribution in [0.1, 0.15) is 16.3 Å². The van der Waals surface area contributed by atoms with Gasteiger partial charge in [0.15, 0.2) is 11.5 Å². The predicted octanol–water partition coefficient (Wildman–Crippen LogP) is 2.41. The Morgan fingerprint density at radius 3 is 2.41 bits per heavy atom. The van der Waals surface area contributed by atoms with Gasteiger partial charge in [-0.15, -0.1) is 0 Å². The van der Waals surface area contributed by atoms with Crippen LogP contribution in [-0.4, -0.2) is 70.6 Å². The average Bonchev–Trinajstić information content (AvgIpc) is 3.42. The Morgan fingerprint density at radius 1 is 1.16 bits per heavy atom. The van der Waals surface area contributed by atoms with Crippen LogP contribution in [0.2, 0.25) is 0 Å². The van der Waals surface area contributed by atoms with E-state index in [0.717, 1.165) is 17.0 Å². The summed E-state index contributed by atoms with van der Waals surface area (Å²) in [6, 6.07) is 5.44. The Balaban J connectivity index is 1.54. The number of hydrogen-bond donors (Lipinski definition) is 2. The van der Waals surface area contributed by atoms with Gasteiger partial charge in [0, 0.05) is 45.1 Å². The van der Waals surface area contributed by atoms with Crippen molar-refractivity contribution in [2.75, 3.05) is 31.5 Å². The van der Waals surface area contributed by atoms with E-state index < -0.39 is 46.3 Å². The molecular formula is C21H22F5N7O3S. The van der Waals surface area contributed by atoms with E-state index in [1.807, 2.05) is 0 Å². The third-order valence-electron chi connectivity index (χ3n) is 5.65. The van der Waals surface area contributed by atoms with Crippen molar-refractivity contribution in [3.63, 3.8) is 0 Å². The number of rotatable bonds is 7. The molecule has 0 saturated carbocycles. The Kier molecular flexibility index (Phi) is 7.34. The van der Waals surface area contributed by atoms with Crippen molar-refractivity contribution in [2.45, 2.75) is 24.0 Å². The number of benzene rings is 1. The highest BCUT2D eigenvalue weighted by Gasteiger charge is 2.39. The molecule has 1 aliphatic rings. The highest BCUT2D eigenvalue weighted by atomic mass is 32.2. The van der Waals surface area contributed by atoms with Gasteiger partial charge in [0.1, 0.15) is 6.54 Å².